The molecule has 0 aromatic heterocycles. The maximum atomic E-state index is 11.4. The minimum atomic E-state index is 0.0680. The number of ketones is 1. The molecule has 0 spiro atoms. The molecule has 1 rings (SSSR count). The lowest BCUT2D eigenvalue weighted by Gasteiger charge is -1.98. The second kappa shape index (κ2) is 4.87. The Bertz CT molecular complexity index is 329. The van der Waals surface area contributed by atoms with Gasteiger partial charge in [0.25, 0.3) is 0 Å². The van der Waals surface area contributed by atoms with Crippen LogP contribution in [0.2, 0.25) is 0 Å². The molecule has 0 saturated heterocycles. The number of carbonyl (C=O) groups excluding carboxylic acids is 1. The summed E-state index contributed by atoms with van der Waals surface area (Å²) in [7, 11) is 0. The van der Waals surface area contributed by atoms with E-state index in [4.69, 9.17) is 0 Å². The Labute approximate surface area is 82.9 Å². The first kappa shape index (κ1) is 10.1. The standard InChI is InChI=1S/C11H12OS/c1-3-5-11(12)9-6-4-7-10(8-9)13-2/h3-8H,1-2H3/b5-3+. The van der Waals surface area contributed by atoms with Crippen LogP contribution >= 0.6 is 11.8 Å². The minimum Gasteiger partial charge on any atom is -0.289 e. The highest BCUT2D eigenvalue weighted by Crippen LogP contribution is 2.16. The molecule has 0 unspecified atom stereocenters. The Hall–Kier alpha value is -1.02. The molecule has 0 aliphatic heterocycles. The minimum absolute atomic E-state index is 0.0680. The summed E-state index contributed by atoms with van der Waals surface area (Å²) in [5.41, 5.74) is 0.755. The molecular formula is C11H12OS. The van der Waals surface area contributed by atoms with E-state index in [9.17, 15) is 4.79 Å². The second-order valence-corrected chi connectivity index (χ2v) is 3.48. The van der Waals surface area contributed by atoms with Crippen LogP contribution in [0, 0.1) is 0 Å². The fourth-order valence-corrected chi connectivity index (χ4v) is 1.48. The molecule has 0 saturated carbocycles. The summed E-state index contributed by atoms with van der Waals surface area (Å²) in [5, 5.41) is 0. The van der Waals surface area contributed by atoms with Crippen LogP contribution in [-0.2, 0) is 0 Å². The maximum Gasteiger partial charge on any atom is 0.185 e. The van der Waals surface area contributed by atoms with Crippen molar-refractivity contribution in [1.82, 2.24) is 0 Å². The van der Waals surface area contributed by atoms with Crippen molar-refractivity contribution in [3.05, 3.63) is 42.0 Å². The van der Waals surface area contributed by atoms with Crippen LogP contribution in [-0.4, -0.2) is 12.0 Å². The van der Waals surface area contributed by atoms with Gasteiger partial charge in [-0.05, 0) is 31.4 Å². The Morgan fingerprint density at radius 2 is 2.23 bits per heavy atom. The lowest BCUT2D eigenvalue weighted by atomic mass is 10.1. The van der Waals surface area contributed by atoms with Gasteiger partial charge in [-0.15, -0.1) is 11.8 Å². The number of benzene rings is 1. The molecule has 1 nitrogen and oxygen atoms in total. The first-order valence-corrected chi connectivity index (χ1v) is 5.31. The average Bonchev–Trinajstić information content (AvgIpc) is 2.18. The summed E-state index contributed by atoms with van der Waals surface area (Å²) in [5.74, 6) is 0.0680. The molecule has 0 aliphatic rings. The zero-order valence-electron chi connectivity index (χ0n) is 7.78. The van der Waals surface area contributed by atoms with Gasteiger partial charge in [-0.3, -0.25) is 4.79 Å². The van der Waals surface area contributed by atoms with Crippen LogP contribution in [0.3, 0.4) is 0 Å². The molecule has 2 heteroatoms. The summed E-state index contributed by atoms with van der Waals surface area (Å²) in [4.78, 5) is 12.5. The first-order valence-electron chi connectivity index (χ1n) is 4.09. The third kappa shape index (κ3) is 2.74. The van der Waals surface area contributed by atoms with Crippen LogP contribution in [0.5, 0.6) is 0 Å². The number of carbonyl (C=O) groups is 1. The number of hydrogen-bond acceptors (Lipinski definition) is 2. The van der Waals surface area contributed by atoms with Gasteiger partial charge in [-0.1, -0.05) is 18.2 Å². The molecule has 0 amide bonds. The number of allylic oxidation sites excluding steroid dienone is 2. The molecular weight excluding hydrogens is 180 g/mol. The quantitative estimate of drug-likeness (QED) is 0.415. The SMILES string of the molecule is C/C=C/C(=O)c1cccc(SC)c1. The second-order valence-electron chi connectivity index (χ2n) is 2.60. The van der Waals surface area contributed by atoms with E-state index >= 15 is 0 Å². The van der Waals surface area contributed by atoms with Crippen molar-refractivity contribution in [2.24, 2.45) is 0 Å². The van der Waals surface area contributed by atoms with E-state index in [1.807, 2.05) is 37.4 Å². The van der Waals surface area contributed by atoms with E-state index in [2.05, 4.69) is 0 Å². The molecule has 0 aliphatic carbocycles. The normalized spacial score (nSPS) is 10.6. The summed E-state index contributed by atoms with van der Waals surface area (Å²) < 4.78 is 0. The van der Waals surface area contributed by atoms with Gasteiger partial charge in [-0.2, -0.15) is 0 Å². The van der Waals surface area contributed by atoms with Gasteiger partial charge < -0.3 is 0 Å². The van der Waals surface area contributed by atoms with Crippen molar-refractivity contribution < 1.29 is 4.79 Å². The van der Waals surface area contributed by atoms with Gasteiger partial charge >= 0.3 is 0 Å². The van der Waals surface area contributed by atoms with Gasteiger partial charge in [0.05, 0.1) is 0 Å². The summed E-state index contributed by atoms with van der Waals surface area (Å²) in [6.07, 6.45) is 5.34. The van der Waals surface area contributed by atoms with Crippen LogP contribution in [0.4, 0.5) is 0 Å². The number of rotatable bonds is 3. The van der Waals surface area contributed by atoms with Gasteiger partial charge in [0.15, 0.2) is 5.78 Å². The van der Waals surface area contributed by atoms with Crippen molar-refractivity contribution in [3.63, 3.8) is 0 Å². The summed E-state index contributed by atoms with van der Waals surface area (Å²) in [6, 6.07) is 7.65. The van der Waals surface area contributed by atoms with Crippen molar-refractivity contribution >= 4 is 17.5 Å². The highest BCUT2D eigenvalue weighted by molar-refractivity contribution is 7.98. The summed E-state index contributed by atoms with van der Waals surface area (Å²) >= 11 is 1.64. The van der Waals surface area contributed by atoms with Crippen LogP contribution in [0.25, 0.3) is 0 Å². The van der Waals surface area contributed by atoms with E-state index in [1.165, 1.54) is 0 Å². The largest absolute Gasteiger partial charge is 0.289 e. The lowest BCUT2D eigenvalue weighted by molar-refractivity contribution is 0.104. The molecule has 1 aromatic carbocycles. The van der Waals surface area contributed by atoms with E-state index in [-0.39, 0.29) is 5.78 Å². The van der Waals surface area contributed by atoms with E-state index in [0.717, 1.165) is 10.5 Å². The molecule has 0 bridgehead atoms. The third-order valence-electron chi connectivity index (χ3n) is 1.67. The van der Waals surface area contributed by atoms with Crippen molar-refractivity contribution in [2.75, 3.05) is 6.26 Å². The highest BCUT2D eigenvalue weighted by Gasteiger charge is 2.00. The molecule has 0 heterocycles. The molecule has 0 atom stereocenters. The number of thioether (sulfide) groups is 1. The van der Waals surface area contributed by atoms with Gasteiger partial charge in [0.1, 0.15) is 0 Å². The first-order chi connectivity index (χ1) is 6.27. The lowest BCUT2D eigenvalue weighted by Crippen LogP contribution is -1.93. The van der Waals surface area contributed by atoms with E-state index in [1.54, 1.807) is 23.9 Å². The van der Waals surface area contributed by atoms with E-state index < -0.39 is 0 Å². The zero-order valence-corrected chi connectivity index (χ0v) is 8.60. The predicted octanol–water partition coefficient (Wildman–Crippen LogP) is 3.17. The van der Waals surface area contributed by atoms with Crippen molar-refractivity contribution in [3.8, 4) is 0 Å². The Balaban J connectivity index is 2.94. The fraction of sp³-hybridized carbons (Fsp3) is 0.182. The topological polar surface area (TPSA) is 17.1 Å². The molecule has 0 N–H and O–H groups in total. The highest BCUT2D eigenvalue weighted by atomic mass is 32.2. The fourth-order valence-electron chi connectivity index (χ4n) is 1.02. The van der Waals surface area contributed by atoms with Gasteiger partial charge in [0, 0.05) is 10.5 Å². The summed E-state index contributed by atoms with van der Waals surface area (Å²) in [6.45, 7) is 1.84. The van der Waals surface area contributed by atoms with Gasteiger partial charge in [-0.25, -0.2) is 0 Å². The molecule has 0 radical (unpaired) electrons. The Morgan fingerprint density at radius 3 is 2.85 bits per heavy atom. The Morgan fingerprint density at radius 1 is 1.46 bits per heavy atom. The molecule has 68 valence electrons. The number of hydrogen-bond donors (Lipinski definition) is 0. The van der Waals surface area contributed by atoms with Crippen LogP contribution in [0.1, 0.15) is 17.3 Å². The van der Waals surface area contributed by atoms with Gasteiger partial charge in [0.2, 0.25) is 0 Å². The van der Waals surface area contributed by atoms with E-state index in [0.29, 0.717) is 0 Å². The molecule has 13 heavy (non-hydrogen) atoms. The van der Waals surface area contributed by atoms with Crippen molar-refractivity contribution in [1.29, 1.82) is 0 Å². The maximum absolute atomic E-state index is 11.4. The smallest absolute Gasteiger partial charge is 0.185 e. The monoisotopic (exact) mass is 192 g/mol. The Kier molecular flexibility index (Phi) is 3.77. The zero-order chi connectivity index (χ0) is 9.68. The van der Waals surface area contributed by atoms with Crippen LogP contribution < -0.4 is 0 Å². The third-order valence-corrected chi connectivity index (χ3v) is 2.40. The van der Waals surface area contributed by atoms with Crippen LogP contribution in [0.15, 0.2) is 41.3 Å². The molecule has 1 aromatic rings. The predicted molar refractivity (Wildman–Crippen MR) is 57.4 cm³/mol. The molecule has 0 fully saturated rings. The van der Waals surface area contributed by atoms with Crippen molar-refractivity contribution in [2.45, 2.75) is 11.8 Å². The average molecular weight is 192 g/mol.